The fraction of sp³-hybridized carbons (Fsp3) is 0.308. The lowest BCUT2D eigenvalue weighted by molar-refractivity contribution is 0.668. The van der Waals surface area contributed by atoms with Crippen molar-refractivity contribution in [2.45, 2.75) is 13.0 Å². The SMILES string of the molecule is Brc1cc(CNCCCNc2nc3ncncc3[nH]2)sc1Br.Cl. The minimum Gasteiger partial charge on any atom is -0.356 e. The van der Waals surface area contributed by atoms with E-state index in [0.29, 0.717) is 5.65 Å². The lowest BCUT2D eigenvalue weighted by Crippen LogP contribution is -2.17. The topological polar surface area (TPSA) is 78.5 Å². The number of halogens is 3. The average molecular weight is 483 g/mol. The van der Waals surface area contributed by atoms with Crippen LogP contribution in [0, 0.1) is 0 Å². The summed E-state index contributed by atoms with van der Waals surface area (Å²) in [5.41, 5.74) is 1.53. The maximum absolute atomic E-state index is 4.34. The second-order valence-electron chi connectivity index (χ2n) is 4.64. The van der Waals surface area contributed by atoms with Gasteiger partial charge in [-0.25, -0.2) is 9.97 Å². The Labute approximate surface area is 160 Å². The predicted molar refractivity (Wildman–Crippen MR) is 103 cm³/mol. The van der Waals surface area contributed by atoms with Crippen LogP contribution >= 0.6 is 55.6 Å². The molecule has 0 saturated heterocycles. The van der Waals surface area contributed by atoms with E-state index < -0.39 is 0 Å². The van der Waals surface area contributed by atoms with Crippen molar-refractivity contribution in [3.8, 4) is 0 Å². The Morgan fingerprint density at radius 2 is 2.13 bits per heavy atom. The minimum absolute atomic E-state index is 0. The molecule has 0 fully saturated rings. The number of anilines is 1. The maximum atomic E-state index is 4.34. The van der Waals surface area contributed by atoms with Gasteiger partial charge in [0, 0.05) is 22.4 Å². The van der Waals surface area contributed by atoms with Gasteiger partial charge < -0.3 is 15.6 Å². The van der Waals surface area contributed by atoms with Crippen LogP contribution < -0.4 is 10.6 Å². The van der Waals surface area contributed by atoms with E-state index >= 15 is 0 Å². The molecule has 0 unspecified atom stereocenters. The molecule has 0 amide bonds. The predicted octanol–water partition coefficient (Wildman–Crippen LogP) is 3.95. The molecule has 0 saturated carbocycles. The number of H-pyrrole nitrogens is 1. The van der Waals surface area contributed by atoms with E-state index in [-0.39, 0.29) is 12.4 Å². The second-order valence-corrected chi connectivity index (χ2v) is 7.95. The fourth-order valence-electron chi connectivity index (χ4n) is 1.96. The third kappa shape index (κ3) is 5.12. The van der Waals surface area contributed by atoms with E-state index in [1.807, 2.05) is 0 Å². The van der Waals surface area contributed by atoms with Crippen molar-refractivity contribution in [2.75, 3.05) is 18.4 Å². The molecule has 23 heavy (non-hydrogen) atoms. The van der Waals surface area contributed by atoms with Gasteiger partial charge in [0.1, 0.15) is 11.8 Å². The van der Waals surface area contributed by atoms with Crippen LogP contribution in [-0.4, -0.2) is 33.0 Å². The van der Waals surface area contributed by atoms with Crippen LogP contribution in [0.5, 0.6) is 0 Å². The van der Waals surface area contributed by atoms with E-state index in [2.05, 4.69) is 68.5 Å². The van der Waals surface area contributed by atoms with Gasteiger partial charge in [-0.15, -0.1) is 23.7 Å². The van der Waals surface area contributed by atoms with Crippen molar-refractivity contribution in [1.29, 1.82) is 0 Å². The lowest BCUT2D eigenvalue weighted by atomic mass is 10.4. The van der Waals surface area contributed by atoms with Crippen molar-refractivity contribution < 1.29 is 0 Å². The zero-order chi connectivity index (χ0) is 15.4. The molecule has 3 rings (SSSR count). The Bertz CT molecular complexity index is 709. The number of fused-ring (bicyclic) bond motifs is 1. The Morgan fingerprint density at radius 1 is 1.26 bits per heavy atom. The van der Waals surface area contributed by atoms with E-state index in [4.69, 9.17) is 0 Å². The highest BCUT2D eigenvalue weighted by atomic mass is 79.9. The number of hydrogen-bond acceptors (Lipinski definition) is 6. The molecule has 0 spiro atoms. The molecule has 3 N–H and O–H groups in total. The van der Waals surface area contributed by atoms with Gasteiger partial charge >= 0.3 is 0 Å². The highest BCUT2D eigenvalue weighted by molar-refractivity contribution is 9.13. The smallest absolute Gasteiger partial charge is 0.202 e. The molecule has 3 heterocycles. The van der Waals surface area contributed by atoms with Crippen molar-refractivity contribution in [3.63, 3.8) is 0 Å². The molecule has 3 aromatic heterocycles. The summed E-state index contributed by atoms with van der Waals surface area (Å²) in [5.74, 6) is 0.738. The van der Waals surface area contributed by atoms with Crippen LogP contribution in [0.25, 0.3) is 11.2 Å². The summed E-state index contributed by atoms with van der Waals surface area (Å²) >= 11 is 8.74. The van der Waals surface area contributed by atoms with Gasteiger partial charge in [0.15, 0.2) is 5.65 Å². The number of hydrogen-bond donors (Lipinski definition) is 3. The van der Waals surface area contributed by atoms with Crippen LogP contribution in [0.4, 0.5) is 5.95 Å². The summed E-state index contributed by atoms with van der Waals surface area (Å²) in [4.78, 5) is 16.8. The lowest BCUT2D eigenvalue weighted by Gasteiger charge is -2.04. The number of aromatic amines is 1. The van der Waals surface area contributed by atoms with Crippen LogP contribution in [-0.2, 0) is 6.54 Å². The Balaban J connectivity index is 0.00000192. The standard InChI is InChI=1S/C13H14Br2N6S.ClH/c14-9-4-8(22-11(9)15)5-16-2-1-3-18-13-20-10-6-17-7-19-12(10)21-13;/h4,6-7,16H,1-3,5H2,(H2,17,18,19,20,21);1H. The Kier molecular flexibility index (Phi) is 7.22. The molecule has 0 aromatic carbocycles. The summed E-state index contributed by atoms with van der Waals surface area (Å²) in [6.07, 6.45) is 4.23. The molecule has 0 aliphatic rings. The van der Waals surface area contributed by atoms with Crippen molar-refractivity contribution in [1.82, 2.24) is 25.3 Å². The van der Waals surface area contributed by atoms with Gasteiger partial charge in [-0.3, -0.25) is 0 Å². The third-order valence-electron chi connectivity index (χ3n) is 2.98. The van der Waals surface area contributed by atoms with Gasteiger partial charge in [-0.1, -0.05) is 0 Å². The Hall–Kier alpha value is -0.740. The summed E-state index contributed by atoms with van der Waals surface area (Å²) in [6, 6.07) is 2.13. The summed E-state index contributed by atoms with van der Waals surface area (Å²) < 4.78 is 2.25. The number of rotatable bonds is 7. The first-order chi connectivity index (χ1) is 10.7. The third-order valence-corrected chi connectivity index (χ3v) is 6.24. The normalized spacial score (nSPS) is 10.7. The molecule has 0 aliphatic heterocycles. The molecule has 6 nitrogen and oxygen atoms in total. The van der Waals surface area contributed by atoms with Crippen LogP contribution in [0.1, 0.15) is 11.3 Å². The quantitative estimate of drug-likeness (QED) is 0.445. The van der Waals surface area contributed by atoms with Crippen LogP contribution in [0.2, 0.25) is 0 Å². The van der Waals surface area contributed by atoms with E-state index in [1.54, 1.807) is 17.5 Å². The van der Waals surface area contributed by atoms with Crippen LogP contribution in [0.3, 0.4) is 0 Å². The van der Waals surface area contributed by atoms with Gasteiger partial charge in [-0.05, 0) is 50.9 Å². The van der Waals surface area contributed by atoms with Crippen molar-refractivity contribution in [2.24, 2.45) is 0 Å². The molecule has 10 heteroatoms. The fourth-order valence-corrected chi connectivity index (χ4v) is 4.10. The average Bonchev–Trinajstić information content (AvgIpc) is 3.06. The first kappa shape index (κ1) is 18.6. The van der Waals surface area contributed by atoms with E-state index in [9.17, 15) is 0 Å². The van der Waals surface area contributed by atoms with E-state index in [1.165, 1.54) is 11.2 Å². The van der Waals surface area contributed by atoms with Gasteiger partial charge in [0.25, 0.3) is 0 Å². The molecular weight excluding hydrogens is 468 g/mol. The minimum atomic E-state index is 0. The monoisotopic (exact) mass is 480 g/mol. The molecule has 0 bridgehead atoms. The Morgan fingerprint density at radius 3 is 2.87 bits per heavy atom. The van der Waals surface area contributed by atoms with Gasteiger partial charge in [0.2, 0.25) is 5.95 Å². The first-order valence-electron chi connectivity index (χ1n) is 6.76. The van der Waals surface area contributed by atoms with Crippen molar-refractivity contribution >= 4 is 72.7 Å². The first-order valence-corrected chi connectivity index (χ1v) is 9.16. The van der Waals surface area contributed by atoms with Gasteiger partial charge in [-0.2, -0.15) is 4.98 Å². The zero-order valence-electron chi connectivity index (χ0n) is 12.0. The number of imidazole rings is 1. The molecule has 3 aromatic rings. The largest absolute Gasteiger partial charge is 0.356 e. The van der Waals surface area contributed by atoms with Crippen molar-refractivity contribution in [3.05, 3.63) is 31.7 Å². The number of nitrogens with zero attached hydrogens (tertiary/aromatic N) is 3. The highest BCUT2D eigenvalue weighted by Gasteiger charge is 2.04. The molecule has 124 valence electrons. The molecule has 0 radical (unpaired) electrons. The highest BCUT2D eigenvalue weighted by Crippen LogP contribution is 2.32. The molecular formula is C13H15Br2ClN6S. The summed E-state index contributed by atoms with van der Waals surface area (Å²) in [5, 5.41) is 6.69. The molecule has 0 aliphatic carbocycles. The summed E-state index contributed by atoms with van der Waals surface area (Å²) in [7, 11) is 0. The van der Waals surface area contributed by atoms with Crippen LogP contribution in [0.15, 0.2) is 26.8 Å². The van der Waals surface area contributed by atoms with Gasteiger partial charge in [0.05, 0.1) is 9.98 Å². The zero-order valence-corrected chi connectivity index (χ0v) is 16.8. The number of thiophene rings is 1. The maximum Gasteiger partial charge on any atom is 0.202 e. The molecule has 0 atom stereocenters. The second kappa shape index (κ2) is 8.93. The number of nitrogens with one attached hydrogen (secondary N) is 3. The summed E-state index contributed by atoms with van der Waals surface area (Å²) in [6.45, 7) is 2.67. The number of aromatic nitrogens is 4. The van der Waals surface area contributed by atoms with E-state index in [0.717, 1.165) is 45.8 Å².